The second kappa shape index (κ2) is 6.91. The summed E-state index contributed by atoms with van der Waals surface area (Å²) in [6.07, 6.45) is 4.61. The number of hydrogen-bond acceptors (Lipinski definition) is 3. The Morgan fingerprint density at radius 2 is 1.57 bits per heavy atom. The minimum atomic E-state index is -0.846. The number of carboxylic acid groups (broad SMARTS) is 1. The zero-order valence-corrected chi connectivity index (χ0v) is 12.5. The summed E-state index contributed by atoms with van der Waals surface area (Å²) in [6, 6.07) is 0.133. The lowest BCUT2D eigenvalue weighted by molar-refractivity contribution is -0.152. The van der Waals surface area contributed by atoms with E-state index in [1.165, 1.54) is 6.92 Å². The van der Waals surface area contributed by atoms with Crippen LogP contribution in [0.2, 0.25) is 0 Å². The Morgan fingerprint density at radius 3 is 2.10 bits per heavy atom. The quantitative estimate of drug-likeness (QED) is 0.813. The topological polar surface area (TPSA) is 86.7 Å². The molecule has 0 unspecified atom stereocenters. The Morgan fingerprint density at radius 1 is 1.00 bits per heavy atom. The third-order valence-electron chi connectivity index (χ3n) is 4.61. The molecular weight excluding hydrogens is 272 g/mol. The monoisotopic (exact) mass is 296 g/mol. The summed E-state index contributed by atoms with van der Waals surface area (Å²) in [5.41, 5.74) is 0. The van der Waals surface area contributed by atoms with Gasteiger partial charge in [-0.15, -0.1) is 0 Å². The predicted octanol–water partition coefficient (Wildman–Crippen LogP) is 1.00. The van der Waals surface area contributed by atoms with Gasteiger partial charge in [-0.1, -0.05) is 12.8 Å². The van der Waals surface area contributed by atoms with E-state index in [1.54, 1.807) is 4.90 Å². The average Bonchev–Trinajstić information content (AvgIpc) is 2.46. The summed E-state index contributed by atoms with van der Waals surface area (Å²) in [7, 11) is 0. The fourth-order valence-corrected chi connectivity index (χ4v) is 3.49. The fourth-order valence-electron chi connectivity index (χ4n) is 3.49. The van der Waals surface area contributed by atoms with Gasteiger partial charge in [0.15, 0.2) is 0 Å². The van der Waals surface area contributed by atoms with Crippen LogP contribution in [0.15, 0.2) is 0 Å². The van der Waals surface area contributed by atoms with Crippen LogP contribution in [0.5, 0.6) is 0 Å². The number of nitrogens with zero attached hydrogens (tertiary/aromatic N) is 1. The van der Waals surface area contributed by atoms with E-state index < -0.39 is 11.9 Å². The van der Waals surface area contributed by atoms with Crippen molar-refractivity contribution in [3.63, 3.8) is 0 Å². The molecule has 1 aliphatic carbocycles. The molecule has 0 radical (unpaired) electrons. The van der Waals surface area contributed by atoms with E-state index in [0.29, 0.717) is 25.9 Å². The van der Waals surface area contributed by atoms with Crippen LogP contribution in [-0.4, -0.2) is 46.9 Å². The highest BCUT2D eigenvalue weighted by Crippen LogP contribution is 2.32. The Bertz CT molecular complexity index is 416. The van der Waals surface area contributed by atoms with Crippen LogP contribution in [0.1, 0.15) is 45.4 Å². The van der Waals surface area contributed by atoms with Crippen molar-refractivity contribution >= 4 is 17.8 Å². The smallest absolute Gasteiger partial charge is 0.307 e. The van der Waals surface area contributed by atoms with Crippen LogP contribution in [0.3, 0.4) is 0 Å². The summed E-state index contributed by atoms with van der Waals surface area (Å²) in [6.45, 7) is 2.70. The number of carboxylic acids is 1. The standard InChI is InChI=1S/C15H24N2O4/c1-10(18)16-11-6-8-17(9-7-11)14(19)12-4-2-3-5-13(12)15(20)21/h11-13H,2-9H2,1H3,(H,16,18)(H,20,21)/t12-,13+/m1/s1. The van der Waals surface area contributed by atoms with Gasteiger partial charge in [0, 0.05) is 26.1 Å². The predicted molar refractivity (Wildman–Crippen MR) is 76.5 cm³/mol. The Labute approximate surface area is 124 Å². The van der Waals surface area contributed by atoms with E-state index in [4.69, 9.17) is 0 Å². The van der Waals surface area contributed by atoms with Gasteiger partial charge < -0.3 is 15.3 Å². The van der Waals surface area contributed by atoms with Gasteiger partial charge in [-0.25, -0.2) is 0 Å². The molecule has 0 aromatic heterocycles. The first-order valence-corrected chi connectivity index (χ1v) is 7.77. The van der Waals surface area contributed by atoms with Crippen molar-refractivity contribution < 1.29 is 19.5 Å². The summed E-state index contributed by atoms with van der Waals surface area (Å²) < 4.78 is 0. The van der Waals surface area contributed by atoms with Gasteiger partial charge in [-0.2, -0.15) is 0 Å². The van der Waals surface area contributed by atoms with E-state index in [2.05, 4.69) is 5.32 Å². The average molecular weight is 296 g/mol. The molecule has 6 heteroatoms. The van der Waals surface area contributed by atoms with Gasteiger partial charge in [0.05, 0.1) is 11.8 Å². The number of piperidine rings is 1. The number of nitrogens with one attached hydrogen (secondary N) is 1. The third kappa shape index (κ3) is 3.95. The molecule has 6 nitrogen and oxygen atoms in total. The molecule has 2 amide bonds. The molecule has 0 aromatic carbocycles. The Hall–Kier alpha value is -1.59. The van der Waals surface area contributed by atoms with E-state index >= 15 is 0 Å². The van der Waals surface area contributed by atoms with Gasteiger partial charge >= 0.3 is 5.97 Å². The summed E-state index contributed by atoms with van der Waals surface area (Å²) in [5.74, 6) is -1.80. The summed E-state index contributed by atoms with van der Waals surface area (Å²) in [4.78, 5) is 36.7. The molecule has 2 fully saturated rings. The van der Waals surface area contributed by atoms with Crippen LogP contribution in [-0.2, 0) is 14.4 Å². The first-order chi connectivity index (χ1) is 9.99. The normalized spacial score (nSPS) is 27.2. The maximum atomic E-state index is 12.6. The minimum absolute atomic E-state index is 0.0108. The van der Waals surface area contributed by atoms with Crippen molar-refractivity contribution in [2.24, 2.45) is 11.8 Å². The number of amides is 2. The summed E-state index contributed by atoms with van der Waals surface area (Å²) >= 11 is 0. The Kier molecular flexibility index (Phi) is 5.20. The number of aliphatic carboxylic acids is 1. The number of hydrogen-bond donors (Lipinski definition) is 2. The second-order valence-corrected chi connectivity index (χ2v) is 6.14. The second-order valence-electron chi connectivity index (χ2n) is 6.14. The van der Waals surface area contributed by atoms with Gasteiger partial charge in [0.1, 0.15) is 0 Å². The van der Waals surface area contributed by atoms with Crippen molar-refractivity contribution in [1.29, 1.82) is 0 Å². The van der Waals surface area contributed by atoms with Gasteiger partial charge in [0.2, 0.25) is 11.8 Å². The first kappa shape index (κ1) is 15.8. The van der Waals surface area contributed by atoms with Gasteiger partial charge in [-0.05, 0) is 25.7 Å². The molecule has 2 rings (SSSR count). The molecule has 2 aliphatic rings. The molecule has 21 heavy (non-hydrogen) atoms. The van der Waals surface area contributed by atoms with Crippen LogP contribution in [0.25, 0.3) is 0 Å². The van der Waals surface area contributed by atoms with Crippen molar-refractivity contribution in [3.05, 3.63) is 0 Å². The van der Waals surface area contributed by atoms with Crippen molar-refractivity contribution in [3.8, 4) is 0 Å². The summed E-state index contributed by atoms with van der Waals surface area (Å²) in [5, 5.41) is 12.2. The highest BCUT2D eigenvalue weighted by molar-refractivity contribution is 5.85. The zero-order valence-electron chi connectivity index (χ0n) is 12.5. The number of carbonyl (C=O) groups excluding carboxylic acids is 2. The fraction of sp³-hybridized carbons (Fsp3) is 0.800. The molecule has 118 valence electrons. The molecule has 0 aromatic rings. The van der Waals surface area contributed by atoms with Crippen molar-refractivity contribution in [2.75, 3.05) is 13.1 Å². The molecule has 0 spiro atoms. The molecule has 1 heterocycles. The highest BCUT2D eigenvalue weighted by Gasteiger charge is 2.38. The molecule has 0 bridgehead atoms. The first-order valence-electron chi connectivity index (χ1n) is 7.77. The largest absolute Gasteiger partial charge is 0.481 e. The molecule has 2 N–H and O–H groups in total. The van der Waals surface area contributed by atoms with Crippen molar-refractivity contribution in [1.82, 2.24) is 10.2 Å². The van der Waals surface area contributed by atoms with Gasteiger partial charge in [0.25, 0.3) is 0 Å². The van der Waals surface area contributed by atoms with E-state index in [9.17, 15) is 19.5 Å². The van der Waals surface area contributed by atoms with Crippen molar-refractivity contribution in [2.45, 2.75) is 51.5 Å². The lowest BCUT2D eigenvalue weighted by Crippen LogP contribution is -2.49. The number of rotatable bonds is 3. The molecule has 1 saturated heterocycles. The molecule has 2 atom stereocenters. The lowest BCUT2D eigenvalue weighted by Gasteiger charge is -2.37. The van der Waals surface area contributed by atoms with Crippen LogP contribution >= 0.6 is 0 Å². The minimum Gasteiger partial charge on any atom is -0.481 e. The van der Waals surface area contributed by atoms with Gasteiger partial charge in [-0.3, -0.25) is 14.4 Å². The SMILES string of the molecule is CC(=O)NC1CCN(C(=O)[C@@H]2CCCC[C@@H]2C(=O)O)CC1. The van der Waals surface area contributed by atoms with E-state index in [0.717, 1.165) is 25.7 Å². The third-order valence-corrected chi connectivity index (χ3v) is 4.61. The van der Waals surface area contributed by atoms with E-state index in [1.807, 2.05) is 0 Å². The maximum Gasteiger partial charge on any atom is 0.307 e. The lowest BCUT2D eigenvalue weighted by atomic mass is 9.78. The number of likely N-dealkylation sites (tertiary alicyclic amines) is 1. The van der Waals surface area contributed by atoms with E-state index in [-0.39, 0.29) is 23.8 Å². The molecule has 1 aliphatic heterocycles. The zero-order chi connectivity index (χ0) is 15.4. The molecule has 1 saturated carbocycles. The van der Waals surface area contributed by atoms with Crippen LogP contribution < -0.4 is 5.32 Å². The Balaban J connectivity index is 1.91. The highest BCUT2D eigenvalue weighted by atomic mass is 16.4. The number of carbonyl (C=O) groups is 3. The maximum absolute atomic E-state index is 12.6. The molecular formula is C15H24N2O4. The van der Waals surface area contributed by atoms with Crippen LogP contribution in [0, 0.1) is 11.8 Å². The van der Waals surface area contributed by atoms with Crippen LogP contribution in [0.4, 0.5) is 0 Å².